The largest absolute Gasteiger partial charge is 0.0669 e. The maximum Gasteiger partial charge on any atom is 0.0180 e. The molecule has 0 N–H and O–H groups in total. The van der Waals surface area contributed by atoms with Crippen LogP contribution in [0.1, 0.15) is 96.9 Å². The molecular formula is C25H42. The molecule has 142 valence electrons. The van der Waals surface area contributed by atoms with Gasteiger partial charge in [-0.25, -0.2) is 0 Å². The van der Waals surface area contributed by atoms with Crippen LogP contribution in [-0.4, -0.2) is 0 Å². The first-order valence-corrected chi connectivity index (χ1v) is 10.0. The van der Waals surface area contributed by atoms with Crippen molar-refractivity contribution in [1.82, 2.24) is 0 Å². The van der Waals surface area contributed by atoms with E-state index in [1.54, 1.807) is 33.4 Å². The van der Waals surface area contributed by atoms with Gasteiger partial charge < -0.3 is 0 Å². The van der Waals surface area contributed by atoms with Crippen molar-refractivity contribution >= 4 is 0 Å². The lowest BCUT2D eigenvalue weighted by molar-refractivity contribution is 0.0268. The van der Waals surface area contributed by atoms with Crippen molar-refractivity contribution in [2.24, 2.45) is 27.1 Å². The van der Waals surface area contributed by atoms with Gasteiger partial charge in [0, 0.05) is 10.8 Å². The van der Waals surface area contributed by atoms with E-state index >= 15 is 0 Å². The molecule has 0 amide bonds. The van der Waals surface area contributed by atoms with Gasteiger partial charge in [-0.05, 0) is 57.8 Å². The minimum atomic E-state index is 0.0444. The maximum absolute atomic E-state index is 2.53. The molecule has 0 heteroatoms. The van der Waals surface area contributed by atoms with Crippen LogP contribution in [0.3, 0.4) is 0 Å². The van der Waals surface area contributed by atoms with Crippen LogP contribution < -0.4 is 0 Å². The van der Waals surface area contributed by atoms with Gasteiger partial charge in [0.15, 0.2) is 0 Å². The second-order valence-corrected chi connectivity index (χ2v) is 10.9. The van der Waals surface area contributed by atoms with E-state index in [9.17, 15) is 0 Å². The third-order valence-electron chi connectivity index (χ3n) is 10.5. The molecule has 0 saturated heterocycles. The van der Waals surface area contributed by atoms with Gasteiger partial charge in [-0.2, -0.15) is 0 Å². The highest BCUT2D eigenvalue weighted by Gasteiger charge is 2.61. The van der Waals surface area contributed by atoms with Crippen LogP contribution in [0.15, 0.2) is 33.4 Å². The molecule has 0 nitrogen and oxygen atoms in total. The van der Waals surface area contributed by atoms with Gasteiger partial charge in [0.1, 0.15) is 0 Å². The number of rotatable bonds is 0. The summed E-state index contributed by atoms with van der Waals surface area (Å²) in [7, 11) is 0. The van der Waals surface area contributed by atoms with E-state index in [0.29, 0.717) is 0 Å². The molecule has 3 aliphatic rings. The van der Waals surface area contributed by atoms with E-state index in [1.807, 2.05) is 0 Å². The van der Waals surface area contributed by atoms with Crippen molar-refractivity contribution in [3.05, 3.63) is 33.4 Å². The first-order valence-electron chi connectivity index (χ1n) is 10.0. The normalized spacial score (nSPS) is 37.2. The van der Waals surface area contributed by atoms with Crippen LogP contribution in [0.2, 0.25) is 0 Å². The van der Waals surface area contributed by atoms with Gasteiger partial charge in [-0.15, -0.1) is 0 Å². The highest BCUT2D eigenvalue weighted by molar-refractivity contribution is 5.51. The van der Waals surface area contributed by atoms with Gasteiger partial charge >= 0.3 is 0 Å². The second kappa shape index (κ2) is 5.14. The quantitative estimate of drug-likeness (QED) is 0.390. The Morgan fingerprint density at radius 3 is 0.960 bits per heavy atom. The fourth-order valence-corrected chi connectivity index (χ4v) is 6.59. The zero-order chi connectivity index (χ0) is 20.0. The summed E-state index contributed by atoms with van der Waals surface area (Å²) in [5, 5.41) is 0. The van der Waals surface area contributed by atoms with Gasteiger partial charge in [0.2, 0.25) is 0 Å². The van der Waals surface area contributed by atoms with Crippen molar-refractivity contribution in [3.63, 3.8) is 0 Å². The minimum Gasteiger partial charge on any atom is -0.0669 e. The minimum absolute atomic E-state index is 0.0444. The molecule has 0 aromatic heterocycles. The number of hydrogen-bond acceptors (Lipinski definition) is 0. The van der Waals surface area contributed by atoms with Crippen LogP contribution >= 0.6 is 0 Å². The molecule has 0 saturated carbocycles. The SMILES string of the molecule is CC1=C(C)C2(C)C(C)(C)C(C)=C(C)C(C)(C(C)=C(C)C2(C)C)C1(C)C. The van der Waals surface area contributed by atoms with E-state index in [-0.39, 0.29) is 27.1 Å². The Labute approximate surface area is 157 Å². The Balaban J connectivity index is 3.28. The molecule has 0 aromatic rings. The van der Waals surface area contributed by atoms with Crippen molar-refractivity contribution in [2.45, 2.75) is 96.9 Å². The zero-order valence-electron chi connectivity index (χ0n) is 19.5. The van der Waals surface area contributed by atoms with Crippen LogP contribution in [0.4, 0.5) is 0 Å². The second-order valence-electron chi connectivity index (χ2n) is 10.9. The van der Waals surface area contributed by atoms with Gasteiger partial charge in [0.05, 0.1) is 0 Å². The Kier molecular flexibility index (Phi) is 4.22. The number of hydrogen-bond donors (Lipinski definition) is 0. The topological polar surface area (TPSA) is 0 Å². The summed E-state index contributed by atoms with van der Waals surface area (Å²) < 4.78 is 0. The van der Waals surface area contributed by atoms with Crippen LogP contribution in [0, 0.1) is 27.1 Å². The Morgan fingerprint density at radius 2 is 0.640 bits per heavy atom. The van der Waals surface area contributed by atoms with E-state index in [2.05, 4.69) is 96.9 Å². The lowest BCUT2D eigenvalue weighted by atomic mass is 9.39. The first kappa shape index (κ1) is 20.5. The fourth-order valence-electron chi connectivity index (χ4n) is 6.59. The van der Waals surface area contributed by atoms with E-state index in [4.69, 9.17) is 0 Å². The molecule has 3 aliphatic carbocycles. The summed E-state index contributed by atoms with van der Waals surface area (Å²) in [6.45, 7) is 34.3. The van der Waals surface area contributed by atoms with E-state index in [1.165, 1.54) is 0 Å². The van der Waals surface area contributed by atoms with E-state index in [0.717, 1.165) is 0 Å². The van der Waals surface area contributed by atoms with Gasteiger partial charge in [-0.3, -0.25) is 0 Å². The predicted octanol–water partition coefficient (Wildman–Crippen LogP) is 8.11. The molecule has 0 heterocycles. The third-order valence-corrected chi connectivity index (χ3v) is 10.5. The highest BCUT2D eigenvalue weighted by Crippen LogP contribution is 2.70. The average molecular weight is 343 g/mol. The average Bonchev–Trinajstić information content (AvgIpc) is 2.53. The predicted molar refractivity (Wildman–Crippen MR) is 113 cm³/mol. The highest BCUT2D eigenvalue weighted by atomic mass is 14.6. The van der Waals surface area contributed by atoms with Crippen molar-refractivity contribution in [1.29, 1.82) is 0 Å². The lowest BCUT2D eigenvalue weighted by Gasteiger charge is -2.64. The smallest absolute Gasteiger partial charge is 0.0180 e. The number of fused-ring (bicyclic) bond motifs is 3. The van der Waals surface area contributed by atoms with Crippen molar-refractivity contribution < 1.29 is 0 Å². The summed E-state index contributed by atoms with van der Waals surface area (Å²) in [4.78, 5) is 0. The Morgan fingerprint density at radius 1 is 0.360 bits per heavy atom. The summed E-state index contributed by atoms with van der Waals surface area (Å²) in [5.74, 6) is 0. The molecule has 25 heavy (non-hydrogen) atoms. The van der Waals surface area contributed by atoms with Crippen LogP contribution in [0.5, 0.6) is 0 Å². The van der Waals surface area contributed by atoms with Crippen LogP contribution in [-0.2, 0) is 0 Å². The summed E-state index contributed by atoms with van der Waals surface area (Å²) in [6.07, 6.45) is 0. The van der Waals surface area contributed by atoms with Crippen molar-refractivity contribution in [2.75, 3.05) is 0 Å². The fraction of sp³-hybridized carbons (Fsp3) is 0.760. The monoisotopic (exact) mass is 342 g/mol. The molecule has 0 unspecified atom stereocenters. The molecule has 0 aliphatic heterocycles. The van der Waals surface area contributed by atoms with Gasteiger partial charge in [-0.1, -0.05) is 88.8 Å². The van der Waals surface area contributed by atoms with Crippen molar-refractivity contribution in [3.8, 4) is 0 Å². The molecular weight excluding hydrogens is 300 g/mol. The molecule has 0 aromatic carbocycles. The summed E-state index contributed by atoms with van der Waals surface area (Å²) in [6, 6.07) is 0. The zero-order valence-corrected chi connectivity index (χ0v) is 19.5. The Hall–Kier alpha value is -0.780. The molecule has 0 radical (unpaired) electrons. The molecule has 0 fully saturated rings. The standard InChI is InChI=1S/C25H42/c1-15-18(4)24(13)19(5)16(2)23(11,12)25(14,22(15,9)10)20(6)17(3)21(24,7)8/h1-14H3. The third kappa shape index (κ3) is 1.90. The molecule has 0 spiro atoms. The first-order chi connectivity index (χ1) is 10.9. The lowest BCUT2D eigenvalue weighted by Crippen LogP contribution is -2.55. The van der Waals surface area contributed by atoms with Gasteiger partial charge in [0.25, 0.3) is 0 Å². The Bertz CT molecular complexity index is 675. The van der Waals surface area contributed by atoms with Crippen LogP contribution in [0.25, 0.3) is 0 Å². The molecule has 2 bridgehead atoms. The molecule has 3 rings (SSSR count). The maximum atomic E-state index is 2.53. The molecule has 0 atom stereocenters. The number of allylic oxidation sites excluding steroid dienone is 6. The summed E-state index contributed by atoms with van der Waals surface area (Å²) >= 11 is 0. The van der Waals surface area contributed by atoms with E-state index < -0.39 is 0 Å². The summed E-state index contributed by atoms with van der Waals surface area (Å²) in [5.41, 5.74) is 9.91.